The van der Waals surface area contributed by atoms with Gasteiger partial charge in [0.25, 0.3) is 0 Å². The van der Waals surface area contributed by atoms with Crippen LogP contribution >= 0.6 is 0 Å². The first-order chi connectivity index (χ1) is 18.1. The molecular formula is C29H33N3O5. The monoisotopic (exact) mass is 503 g/mol. The summed E-state index contributed by atoms with van der Waals surface area (Å²) in [5.41, 5.74) is 6.11. The van der Waals surface area contributed by atoms with E-state index in [0.717, 1.165) is 33.8 Å². The highest BCUT2D eigenvalue weighted by molar-refractivity contribution is 5.75. The molecule has 3 rings (SSSR count). The summed E-state index contributed by atoms with van der Waals surface area (Å²) in [6.45, 7) is 7.76. The Balaban J connectivity index is 1.50. The first-order valence-electron chi connectivity index (χ1n) is 12.2. The van der Waals surface area contributed by atoms with E-state index in [1.807, 2.05) is 50.2 Å². The Morgan fingerprint density at radius 1 is 0.730 bits per heavy atom. The molecule has 3 aromatic rings. The number of hydrogen-bond donors (Lipinski definition) is 1. The average Bonchev–Trinajstić information content (AvgIpc) is 3.16. The van der Waals surface area contributed by atoms with Gasteiger partial charge in [0, 0.05) is 23.5 Å². The van der Waals surface area contributed by atoms with Crippen LogP contribution < -0.4 is 4.74 Å². The molecule has 1 heterocycles. The van der Waals surface area contributed by atoms with Gasteiger partial charge >= 0.3 is 0 Å². The molecule has 0 saturated heterocycles. The van der Waals surface area contributed by atoms with Crippen molar-refractivity contribution in [1.29, 1.82) is 10.5 Å². The SMILES string of the molecule is Cc1c(C#N)c(-c2ccc(C#N)cc2)c(C)n1Cc1ccc(OCCOCCOCCOCCO)cc1. The molecule has 0 spiro atoms. The van der Waals surface area contributed by atoms with E-state index >= 15 is 0 Å². The number of rotatable bonds is 15. The minimum atomic E-state index is 0.0172. The topological polar surface area (TPSA) is 110 Å². The highest BCUT2D eigenvalue weighted by atomic mass is 16.6. The van der Waals surface area contributed by atoms with Crippen LogP contribution in [0, 0.1) is 36.5 Å². The third kappa shape index (κ3) is 7.91. The molecule has 1 N–H and O–H groups in total. The van der Waals surface area contributed by atoms with Crippen molar-refractivity contribution in [3.05, 3.63) is 76.6 Å². The van der Waals surface area contributed by atoms with E-state index in [9.17, 15) is 5.26 Å². The fourth-order valence-electron chi connectivity index (χ4n) is 4.02. The summed E-state index contributed by atoms with van der Waals surface area (Å²) >= 11 is 0. The number of nitrogens with zero attached hydrogens (tertiary/aromatic N) is 3. The van der Waals surface area contributed by atoms with Crippen LogP contribution in [0.3, 0.4) is 0 Å². The van der Waals surface area contributed by atoms with Crippen LogP contribution in [0.4, 0.5) is 0 Å². The minimum Gasteiger partial charge on any atom is -0.491 e. The average molecular weight is 504 g/mol. The quantitative estimate of drug-likeness (QED) is 0.312. The Morgan fingerprint density at radius 3 is 1.89 bits per heavy atom. The molecule has 194 valence electrons. The summed E-state index contributed by atoms with van der Waals surface area (Å²) < 4.78 is 23.9. The van der Waals surface area contributed by atoms with E-state index in [4.69, 9.17) is 29.3 Å². The Hall–Kier alpha value is -3.66. The van der Waals surface area contributed by atoms with Crippen molar-refractivity contribution in [3.8, 4) is 29.0 Å². The third-order valence-corrected chi connectivity index (χ3v) is 5.94. The van der Waals surface area contributed by atoms with Crippen molar-refractivity contribution in [2.45, 2.75) is 20.4 Å². The van der Waals surface area contributed by atoms with Gasteiger partial charge in [-0.3, -0.25) is 0 Å². The number of hydrogen-bond acceptors (Lipinski definition) is 7. The molecule has 8 nitrogen and oxygen atoms in total. The van der Waals surface area contributed by atoms with Gasteiger partial charge in [-0.05, 0) is 49.2 Å². The van der Waals surface area contributed by atoms with Gasteiger partial charge in [0.1, 0.15) is 18.4 Å². The molecule has 0 aliphatic carbocycles. The predicted molar refractivity (Wildman–Crippen MR) is 139 cm³/mol. The zero-order chi connectivity index (χ0) is 26.5. The van der Waals surface area contributed by atoms with Gasteiger partial charge in [0.15, 0.2) is 0 Å². The van der Waals surface area contributed by atoms with Crippen LogP contribution in [0.25, 0.3) is 11.1 Å². The van der Waals surface area contributed by atoms with Gasteiger partial charge in [-0.25, -0.2) is 0 Å². The molecule has 2 aromatic carbocycles. The maximum absolute atomic E-state index is 9.84. The molecule has 0 radical (unpaired) electrons. The van der Waals surface area contributed by atoms with Gasteiger partial charge in [-0.2, -0.15) is 10.5 Å². The molecule has 1 aromatic heterocycles. The van der Waals surface area contributed by atoms with E-state index in [1.165, 1.54) is 0 Å². The van der Waals surface area contributed by atoms with Crippen molar-refractivity contribution >= 4 is 0 Å². The molecule has 0 saturated carbocycles. The number of nitriles is 2. The second-order valence-electron chi connectivity index (χ2n) is 8.36. The molecule has 0 amide bonds. The highest BCUT2D eigenvalue weighted by Crippen LogP contribution is 2.32. The summed E-state index contributed by atoms with van der Waals surface area (Å²) in [6.07, 6.45) is 0. The summed E-state index contributed by atoms with van der Waals surface area (Å²) in [5, 5.41) is 27.5. The molecular weight excluding hydrogens is 470 g/mol. The maximum atomic E-state index is 9.84. The second kappa shape index (κ2) is 14.8. The lowest BCUT2D eigenvalue weighted by molar-refractivity contribution is 0.00361. The van der Waals surface area contributed by atoms with Crippen molar-refractivity contribution in [2.24, 2.45) is 0 Å². The van der Waals surface area contributed by atoms with Crippen LogP contribution in [0.1, 0.15) is 28.1 Å². The van der Waals surface area contributed by atoms with Crippen molar-refractivity contribution in [1.82, 2.24) is 4.57 Å². The lowest BCUT2D eigenvalue weighted by atomic mass is 10.0. The van der Waals surface area contributed by atoms with Crippen LogP contribution in [-0.4, -0.2) is 62.5 Å². The molecule has 8 heteroatoms. The fourth-order valence-corrected chi connectivity index (χ4v) is 4.02. The number of benzene rings is 2. The summed E-state index contributed by atoms with van der Waals surface area (Å²) in [7, 11) is 0. The highest BCUT2D eigenvalue weighted by Gasteiger charge is 2.19. The van der Waals surface area contributed by atoms with E-state index in [-0.39, 0.29) is 6.61 Å². The number of ether oxygens (including phenoxy) is 4. The standard InChI is InChI=1S/C29H33N3O5/c1-22-28(20-31)29(26-7-3-24(19-30)4-8-26)23(2)32(22)21-25-5-9-27(10-6-25)37-18-17-36-16-15-35-14-13-34-12-11-33/h3-10,33H,11-18,21H2,1-2H3. The zero-order valence-corrected chi connectivity index (χ0v) is 21.4. The molecule has 0 aliphatic heterocycles. The van der Waals surface area contributed by atoms with Crippen LogP contribution in [0.15, 0.2) is 48.5 Å². The Morgan fingerprint density at radius 2 is 1.32 bits per heavy atom. The van der Waals surface area contributed by atoms with E-state index in [0.29, 0.717) is 63.9 Å². The van der Waals surface area contributed by atoms with Gasteiger partial charge in [-0.1, -0.05) is 24.3 Å². The lowest BCUT2D eigenvalue weighted by Crippen LogP contribution is -2.13. The van der Waals surface area contributed by atoms with E-state index in [1.54, 1.807) is 12.1 Å². The molecule has 0 aliphatic rings. The van der Waals surface area contributed by atoms with Crippen molar-refractivity contribution < 1.29 is 24.1 Å². The predicted octanol–water partition coefficient (Wildman–Crippen LogP) is 3.98. The van der Waals surface area contributed by atoms with E-state index in [2.05, 4.69) is 16.7 Å². The zero-order valence-electron chi connectivity index (χ0n) is 21.4. The molecule has 0 fully saturated rings. The fraction of sp³-hybridized carbons (Fsp3) is 0.379. The first-order valence-corrected chi connectivity index (χ1v) is 12.2. The van der Waals surface area contributed by atoms with Gasteiger partial charge in [0.05, 0.1) is 63.4 Å². The minimum absolute atomic E-state index is 0.0172. The number of aromatic nitrogens is 1. The molecule has 0 unspecified atom stereocenters. The van der Waals surface area contributed by atoms with Crippen molar-refractivity contribution in [3.63, 3.8) is 0 Å². The summed E-state index contributed by atoms with van der Waals surface area (Å²) in [6, 6.07) is 19.8. The third-order valence-electron chi connectivity index (χ3n) is 5.94. The van der Waals surface area contributed by atoms with Crippen LogP contribution in [0.2, 0.25) is 0 Å². The largest absolute Gasteiger partial charge is 0.491 e. The summed E-state index contributed by atoms with van der Waals surface area (Å²) in [5.74, 6) is 0.765. The smallest absolute Gasteiger partial charge is 0.119 e. The maximum Gasteiger partial charge on any atom is 0.119 e. The van der Waals surface area contributed by atoms with Crippen LogP contribution in [0.5, 0.6) is 5.75 Å². The number of aliphatic hydroxyl groups excluding tert-OH is 1. The normalized spacial score (nSPS) is 10.7. The van der Waals surface area contributed by atoms with Crippen LogP contribution in [-0.2, 0) is 20.8 Å². The Kier molecular flexibility index (Phi) is 11.2. The van der Waals surface area contributed by atoms with Gasteiger partial charge in [0.2, 0.25) is 0 Å². The Labute approximate surface area is 218 Å². The second-order valence-corrected chi connectivity index (χ2v) is 8.36. The lowest BCUT2D eigenvalue weighted by Gasteiger charge is -2.12. The van der Waals surface area contributed by atoms with Crippen molar-refractivity contribution in [2.75, 3.05) is 52.9 Å². The van der Waals surface area contributed by atoms with Gasteiger partial charge < -0.3 is 28.6 Å². The molecule has 37 heavy (non-hydrogen) atoms. The van der Waals surface area contributed by atoms with Gasteiger partial charge in [-0.15, -0.1) is 0 Å². The molecule has 0 bridgehead atoms. The molecule has 0 atom stereocenters. The Bertz CT molecular complexity index is 1200. The first kappa shape index (κ1) is 27.9. The number of aliphatic hydroxyl groups is 1. The van der Waals surface area contributed by atoms with E-state index < -0.39 is 0 Å². The summed E-state index contributed by atoms with van der Waals surface area (Å²) in [4.78, 5) is 0.